The van der Waals surface area contributed by atoms with Crippen LogP contribution < -0.4 is 4.74 Å². The van der Waals surface area contributed by atoms with Crippen molar-refractivity contribution in [2.24, 2.45) is 0 Å². The molecule has 96 valence electrons. The van der Waals surface area contributed by atoms with Gasteiger partial charge in [-0.15, -0.1) is 0 Å². The standard InChI is InChI=1S/C15H10N4O/c1-10-8-11(9-16)19-15(18-10)20-14-6-2-5-13-12(14)4-3-7-17-13/h2-8H,1H3. The molecule has 3 aromatic rings. The minimum absolute atomic E-state index is 0.165. The van der Waals surface area contributed by atoms with Crippen LogP contribution in [0.1, 0.15) is 11.4 Å². The van der Waals surface area contributed by atoms with Crippen molar-refractivity contribution >= 4 is 10.9 Å². The summed E-state index contributed by atoms with van der Waals surface area (Å²) < 4.78 is 5.70. The molecule has 0 spiro atoms. The van der Waals surface area contributed by atoms with E-state index in [2.05, 4.69) is 15.0 Å². The fourth-order valence-corrected chi connectivity index (χ4v) is 1.91. The van der Waals surface area contributed by atoms with Crippen LogP contribution in [0.3, 0.4) is 0 Å². The molecule has 0 amide bonds. The van der Waals surface area contributed by atoms with Crippen LogP contribution in [0.2, 0.25) is 0 Å². The summed E-state index contributed by atoms with van der Waals surface area (Å²) in [4.78, 5) is 12.5. The number of nitrogens with zero attached hydrogens (tertiary/aromatic N) is 4. The van der Waals surface area contributed by atoms with Gasteiger partial charge >= 0.3 is 6.01 Å². The van der Waals surface area contributed by atoms with Crippen LogP contribution in [0.15, 0.2) is 42.6 Å². The monoisotopic (exact) mass is 262 g/mol. The van der Waals surface area contributed by atoms with Crippen molar-refractivity contribution in [3.8, 4) is 17.8 Å². The molecule has 0 bridgehead atoms. The van der Waals surface area contributed by atoms with Crippen LogP contribution in [-0.2, 0) is 0 Å². The predicted octanol–water partition coefficient (Wildman–Crippen LogP) is 3.00. The van der Waals surface area contributed by atoms with Crippen molar-refractivity contribution in [2.45, 2.75) is 6.92 Å². The lowest BCUT2D eigenvalue weighted by atomic mass is 10.2. The maximum absolute atomic E-state index is 8.92. The average molecular weight is 262 g/mol. The summed E-state index contributed by atoms with van der Waals surface area (Å²) in [5, 5.41) is 9.79. The molecule has 20 heavy (non-hydrogen) atoms. The number of aromatic nitrogens is 3. The molecule has 0 aliphatic rings. The van der Waals surface area contributed by atoms with Gasteiger partial charge in [-0.2, -0.15) is 10.2 Å². The molecule has 0 unspecified atom stereocenters. The van der Waals surface area contributed by atoms with E-state index in [4.69, 9.17) is 10.00 Å². The van der Waals surface area contributed by atoms with Crippen molar-refractivity contribution in [3.63, 3.8) is 0 Å². The van der Waals surface area contributed by atoms with Crippen molar-refractivity contribution < 1.29 is 4.74 Å². The molecule has 0 atom stereocenters. The molecule has 0 aliphatic heterocycles. The van der Waals surface area contributed by atoms with E-state index in [0.29, 0.717) is 11.4 Å². The first-order valence-electron chi connectivity index (χ1n) is 6.03. The van der Waals surface area contributed by atoms with E-state index < -0.39 is 0 Å². The molecule has 0 radical (unpaired) electrons. The van der Waals surface area contributed by atoms with Gasteiger partial charge in [0.2, 0.25) is 0 Å². The van der Waals surface area contributed by atoms with Gasteiger partial charge in [0.1, 0.15) is 17.5 Å². The highest BCUT2D eigenvalue weighted by Crippen LogP contribution is 2.27. The van der Waals surface area contributed by atoms with Crippen LogP contribution in [0.5, 0.6) is 11.8 Å². The first kappa shape index (κ1) is 12.1. The molecule has 1 aromatic carbocycles. The van der Waals surface area contributed by atoms with E-state index in [1.807, 2.05) is 36.4 Å². The number of hydrogen-bond donors (Lipinski definition) is 0. The van der Waals surface area contributed by atoms with E-state index in [-0.39, 0.29) is 11.7 Å². The fourth-order valence-electron chi connectivity index (χ4n) is 1.91. The maximum Gasteiger partial charge on any atom is 0.323 e. The quantitative estimate of drug-likeness (QED) is 0.709. The summed E-state index contributed by atoms with van der Waals surface area (Å²) in [6.45, 7) is 1.79. The van der Waals surface area contributed by atoms with Crippen molar-refractivity contribution in [1.29, 1.82) is 5.26 Å². The Balaban J connectivity index is 2.06. The molecule has 0 aliphatic carbocycles. The van der Waals surface area contributed by atoms with Gasteiger partial charge in [0.15, 0.2) is 0 Å². The van der Waals surface area contributed by atoms with Crippen LogP contribution >= 0.6 is 0 Å². The zero-order valence-corrected chi connectivity index (χ0v) is 10.7. The fraction of sp³-hybridized carbons (Fsp3) is 0.0667. The van der Waals surface area contributed by atoms with Crippen molar-refractivity contribution in [1.82, 2.24) is 15.0 Å². The summed E-state index contributed by atoms with van der Waals surface area (Å²) >= 11 is 0. The third kappa shape index (κ3) is 2.27. The molecule has 0 fully saturated rings. The van der Waals surface area contributed by atoms with Crippen LogP contribution in [0.4, 0.5) is 0 Å². The van der Waals surface area contributed by atoms with Gasteiger partial charge < -0.3 is 4.74 Å². The number of hydrogen-bond acceptors (Lipinski definition) is 5. The van der Waals surface area contributed by atoms with E-state index in [9.17, 15) is 0 Å². The summed E-state index contributed by atoms with van der Waals surface area (Å²) in [5.41, 5.74) is 1.80. The number of nitriles is 1. The Morgan fingerprint density at radius 3 is 2.90 bits per heavy atom. The number of rotatable bonds is 2. The lowest BCUT2D eigenvalue weighted by Gasteiger charge is -2.07. The van der Waals surface area contributed by atoms with E-state index in [1.165, 1.54) is 0 Å². The van der Waals surface area contributed by atoms with Gasteiger partial charge in [-0.05, 0) is 37.3 Å². The van der Waals surface area contributed by atoms with Crippen molar-refractivity contribution in [3.05, 3.63) is 54.0 Å². The molecule has 5 heteroatoms. The van der Waals surface area contributed by atoms with Gasteiger partial charge in [0, 0.05) is 17.3 Å². The second-order valence-corrected chi connectivity index (χ2v) is 4.22. The van der Waals surface area contributed by atoms with Gasteiger partial charge in [0.25, 0.3) is 0 Å². The third-order valence-electron chi connectivity index (χ3n) is 2.76. The Hall–Kier alpha value is -3.00. The summed E-state index contributed by atoms with van der Waals surface area (Å²) in [6.07, 6.45) is 1.73. The van der Waals surface area contributed by atoms with Crippen molar-refractivity contribution in [2.75, 3.05) is 0 Å². The number of benzene rings is 1. The third-order valence-corrected chi connectivity index (χ3v) is 2.76. The second-order valence-electron chi connectivity index (χ2n) is 4.22. The van der Waals surface area contributed by atoms with Gasteiger partial charge in [-0.3, -0.25) is 4.98 Å². The minimum Gasteiger partial charge on any atom is -0.424 e. The van der Waals surface area contributed by atoms with Crippen LogP contribution in [-0.4, -0.2) is 15.0 Å². The predicted molar refractivity (Wildman–Crippen MR) is 73.3 cm³/mol. The van der Waals surface area contributed by atoms with Gasteiger partial charge in [-0.25, -0.2) is 4.98 Å². The topological polar surface area (TPSA) is 71.7 Å². The minimum atomic E-state index is 0.165. The average Bonchev–Trinajstić information content (AvgIpc) is 2.47. The molecular formula is C15H10N4O. The van der Waals surface area contributed by atoms with Gasteiger partial charge in [0.05, 0.1) is 5.52 Å². The zero-order valence-electron chi connectivity index (χ0n) is 10.7. The Morgan fingerprint density at radius 2 is 2.05 bits per heavy atom. The number of ether oxygens (including phenoxy) is 1. The smallest absolute Gasteiger partial charge is 0.323 e. The first-order chi connectivity index (χ1) is 9.76. The van der Waals surface area contributed by atoms with Crippen LogP contribution in [0, 0.1) is 18.3 Å². The lowest BCUT2D eigenvalue weighted by molar-refractivity contribution is 0.444. The SMILES string of the molecule is Cc1cc(C#N)nc(Oc2cccc3ncccc23)n1. The van der Waals surface area contributed by atoms with Gasteiger partial charge in [-0.1, -0.05) is 6.07 Å². The Labute approximate surface area is 115 Å². The zero-order chi connectivity index (χ0) is 13.9. The molecule has 2 aromatic heterocycles. The Morgan fingerprint density at radius 1 is 1.15 bits per heavy atom. The van der Waals surface area contributed by atoms with E-state index in [1.54, 1.807) is 19.2 Å². The molecule has 0 N–H and O–H groups in total. The Bertz CT molecular complexity index is 818. The highest BCUT2D eigenvalue weighted by atomic mass is 16.5. The number of aryl methyl sites for hydroxylation is 1. The molecule has 0 saturated carbocycles. The maximum atomic E-state index is 8.92. The molecule has 5 nitrogen and oxygen atoms in total. The first-order valence-corrected chi connectivity index (χ1v) is 6.03. The van der Waals surface area contributed by atoms with E-state index >= 15 is 0 Å². The Kier molecular flexibility index (Phi) is 2.98. The van der Waals surface area contributed by atoms with Crippen LogP contribution in [0.25, 0.3) is 10.9 Å². The molecule has 3 rings (SSSR count). The highest BCUT2D eigenvalue weighted by molar-refractivity contribution is 5.84. The molecule has 2 heterocycles. The number of fused-ring (bicyclic) bond motifs is 1. The summed E-state index contributed by atoms with van der Waals surface area (Å²) in [7, 11) is 0. The normalized spacial score (nSPS) is 10.2. The number of pyridine rings is 1. The highest BCUT2D eigenvalue weighted by Gasteiger charge is 2.07. The molecule has 0 saturated heterocycles. The second kappa shape index (κ2) is 4.94. The largest absolute Gasteiger partial charge is 0.424 e. The van der Waals surface area contributed by atoms with E-state index in [0.717, 1.165) is 10.9 Å². The summed E-state index contributed by atoms with van der Waals surface area (Å²) in [6, 6.07) is 13.1. The molecular weight excluding hydrogens is 252 g/mol. The summed E-state index contributed by atoms with van der Waals surface area (Å²) in [5.74, 6) is 0.616. The lowest BCUT2D eigenvalue weighted by Crippen LogP contribution is -1.97.